The fraction of sp³-hybridized carbons (Fsp3) is 0.750. The summed E-state index contributed by atoms with van der Waals surface area (Å²) in [6.07, 6.45) is 3.72. The van der Waals surface area contributed by atoms with E-state index >= 15 is 0 Å². The largest absolute Gasteiger partial charge is 0.464 e. The topological polar surface area (TPSA) is 58.8 Å². The van der Waals surface area contributed by atoms with E-state index in [1.165, 1.54) is 0 Å². The van der Waals surface area contributed by atoms with Gasteiger partial charge in [0, 0.05) is 31.5 Å². The first kappa shape index (κ1) is 15.5. The maximum absolute atomic E-state index is 11.7. The average molecular weight is 307 g/mol. The zero-order valence-electron chi connectivity index (χ0n) is 13.6. The van der Waals surface area contributed by atoms with E-state index in [2.05, 4.69) is 35.7 Å². The maximum Gasteiger partial charge on any atom is 0.323 e. The third-order valence-electron chi connectivity index (χ3n) is 4.69. The minimum absolute atomic E-state index is 0.0346. The van der Waals surface area contributed by atoms with Crippen LogP contribution >= 0.6 is 0 Å². The first-order valence-electron chi connectivity index (χ1n) is 8.10. The minimum Gasteiger partial charge on any atom is -0.464 e. The highest BCUT2D eigenvalue weighted by Gasteiger charge is 2.37. The summed E-state index contributed by atoms with van der Waals surface area (Å²) in [5.41, 5.74) is 0. The zero-order valence-corrected chi connectivity index (χ0v) is 13.6. The molecule has 3 heterocycles. The molecule has 0 radical (unpaired) electrons. The summed E-state index contributed by atoms with van der Waals surface area (Å²) in [5, 5.41) is 0. The van der Waals surface area contributed by atoms with Gasteiger partial charge in [-0.1, -0.05) is 13.8 Å². The van der Waals surface area contributed by atoms with E-state index in [9.17, 15) is 4.79 Å². The molecule has 22 heavy (non-hydrogen) atoms. The SMILES string of the molecule is CC(C)c1cnc(CN(C)[C@H]2CCN([C@H]3CCOC3=O)C2)o1. The normalized spacial score (nSPS) is 26.3. The molecule has 1 aromatic rings. The lowest BCUT2D eigenvalue weighted by atomic mass is 10.2. The summed E-state index contributed by atoms with van der Waals surface area (Å²) in [5.74, 6) is 2.01. The van der Waals surface area contributed by atoms with Crippen LogP contribution in [0.25, 0.3) is 0 Å². The van der Waals surface area contributed by atoms with E-state index in [1.54, 1.807) is 0 Å². The quantitative estimate of drug-likeness (QED) is 0.771. The molecule has 0 aliphatic carbocycles. The van der Waals surface area contributed by atoms with Gasteiger partial charge >= 0.3 is 5.97 Å². The molecular formula is C16H25N3O3. The molecule has 2 fully saturated rings. The van der Waals surface area contributed by atoms with Crippen LogP contribution in [0.2, 0.25) is 0 Å². The predicted octanol–water partition coefficient (Wildman–Crippen LogP) is 1.62. The van der Waals surface area contributed by atoms with Crippen LogP contribution in [0, 0.1) is 0 Å². The van der Waals surface area contributed by atoms with Gasteiger partial charge in [-0.2, -0.15) is 0 Å². The Kier molecular flexibility index (Phi) is 4.49. The molecule has 2 aliphatic rings. The molecule has 6 heteroatoms. The Bertz CT molecular complexity index is 528. The van der Waals surface area contributed by atoms with Crippen LogP contribution < -0.4 is 0 Å². The number of oxazole rings is 1. The first-order valence-corrected chi connectivity index (χ1v) is 8.10. The molecule has 0 amide bonds. The Labute approximate surface area is 131 Å². The number of carbonyl (C=O) groups is 1. The van der Waals surface area contributed by atoms with Crippen LogP contribution in [0.1, 0.15) is 44.3 Å². The summed E-state index contributed by atoms with van der Waals surface area (Å²) in [6, 6.07) is 0.399. The highest BCUT2D eigenvalue weighted by molar-refractivity contribution is 5.77. The first-order chi connectivity index (χ1) is 10.5. The van der Waals surface area contributed by atoms with E-state index in [-0.39, 0.29) is 12.0 Å². The van der Waals surface area contributed by atoms with Crippen molar-refractivity contribution in [2.45, 2.75) is 51.2 Å². The molecule has 0 unspecified atom stereocenters. The molecular weight excluding hydrogens is 282 g/mol. The molecule has 0 saturated carbocycles. The van der Waals surface area contributed by atoms with E-state index in [1.807, 2.05) is 6.20 Å². The molecule has 1 aromatic heterocycles. The minimum atomic E-state index is -0.0578. The number of ether oxygens (including phenoxy) is 1. The van der Waals surface area contributed by atoms with Crippen LogP contribution in [0.5, 0.6) is 0 Å². The van der Waals surface area contributed by atoms with Crippen molar-refractivity contribution in [1.29, 1.82) is 0 Å². The van der Waals surface area contributed by atoms with Gasteiger partial charge in [-0.05, 0) is 13.5 Å². The molecule has 2 atom stereocenters. The van der Waals surface area contributed by atoms with Gasteiger partial charge in [0.25, 0.3) is 0 Å². The van der Waals surface area contributed by atoms with Crippen LogP contribution in [0.4, 0.5) is 0 Å². The van der Waals surface area contributed by atoms with Gasteiger partial charge in [0.1, 0.15) is 11.8 Å². The Morgan fingerprint density at radius 2 is 2.27 bits per heavy atom. The summed E-state index contributed by atoms with van der Waals surface area (Å²) < 4.78 is 10.9. The van der Waals surface area contributed by atoms with Gasteiger partial charge in [-0.3, -0.25) is 14.6 Å². The monoisotopic (exact) mass is 307 g/mol. The third kappa shape index (κ3) is 3.17. The number of cyclic esters (lactones) is 1. The molecule has 0 spiro atoms. The third-order valence-corrected chi connectivity index (χ3v) is 4.69. The molecule has 122 valence electrons. The zero-order chi connectivity index (χ0) is 15.7. The lowest BCUT2D eigenvalue weighted by Crippen LogP contribution is -2.40. The van der Waals surface area contributed by atoms with Crippen LogP contribution in [0.15, 0.2) is 10.6 Å². The molecule has 3 rings (SSSR count). The smallest absolute Gasteiger partial charge is 0.323 e. The van der Waals surface area contributed by atoms with Gasteiger partial charge in [0.2, 0.25) is 5.89 Å². The van der Waals surface area contributed by atoms with Crippen molar-refractivity contribution in [1.82, 2.24) is 14.8 Å². The van der Waals surface area contributed by atoms with Crippen LogP contribution in [-0.4, -0.2) is 59.6 Å². The van der Waals surface area contributed by atoms with E-state index < -0.39 is 0 Å². The fourth-order valence-corrected chi connectivity index (χ4v) is 3.23. The van der Waals surface area contributed by atoms with Crippen molar-refractivity contribution in [2.75, 3.05) is 26.7 Å². The highest BCUT2D eigenvalue weighted by atomic mass is 16.5. The summed E-state index contributed by atoms with van der Waals surface area (Å²) >= 11 is 0. The Morgan fingerprint density at radius 3 is 2.91 bits per heavy atom. The number of carbonyl (C=O) groups excluding carboxylic acids is 1. The number of hydrogen-bond donors (Lipinski definition) is 0. The van der Waals surface area contributed by atoms with E-state index in [0.29, 0.717) is 25.1 Å². The number of esters is 1. The molecule has 2 saturated heterocycles. The summed E-state index contributed by atoms with van der Waals surface area (Å²) in [7, 11) is 2.10. The van der Waals surface area contributed by atoms with Gasteiger partial charge in [-0.15, -0.1) is 0 Å². The Balaban J connectivity index is 1.54. The van der Waals surface area contributed by atoms with Crippen molar-refractivity contribution in [2.24, 2.45) is 0 Å². The molecule has 0 N–H and O–H groups in total. The van der Waals surface area contributed by atoms with Crippen molar-refractivity contribution >= 4 is 5.97 Å². The molecule has 2 aliphatic heterocycles. The van der Waals surface area contributed by atoms with Crippen molar-refractivity contribution in [3.63, 3.8) is 0 Å². The number of hydrogen-bond acceptors (Lipinski definition) is 6. The van der Waals surface area contributed by atoms with E-state index in [4.69, 9.17) is 9.15 Å². The predicted molar refractivity (Wildman–Crippen MR) is 81.4 cm³/mol. The lowest BCUT2D eigenvalue weighted by Gasteiger charge is -2.24. The van der Waals surface area contributed by atoms with Gasteiger partial charge in [0.15, 0.2) is 0 Å². The number of likely N-dealkylation sites (tertiary alicyclic amines) is 1. The van der Waals surface area contributed by atoms with Crippen molar-refractivity contribution < 1.29 is 13.9 Å². The second kappa shape index (κ2) is 6.38. The van der Waals surface area contributed by atoms with Gasteiger partial charge in [-0.25, -0.2) is 4.98 Å². The Morgan fingerprint density at radius 1 is 1.45 bits per heavy atom. The molecule has 0 aromatic carbocycles. The van der Waals surface area contributed by atoms with Gasteiger partial charge < -0.3 is 9.15 Å². The highest BCUT2D eigenvalue weighted by Crippen LogP contribution is 2.23. The lowest BCUT2D eigenvalue weighted by molar-refractivity contribution is -0.142. The number of nitrogens with zero attached hydrogens (tertiary/aromatic N) is 3. The average Bonchev–Trinajstić information content (AvgIpc) is 3.17. The summed E-state index contributed by atoms with van der Waals surface area (Å²) in [6.45, 7) is 7.34. The van der Waals surface area contributed by atoms with Crippen LogP contribution in [-0.2, 0) is 16.1 Å². The van der Waals surface area contributed by atoms with Crippen molar-refractivity contribution in [3.8, 4) is 0 Å². The number of likely N-dealkylation sites (N-methyl/N-ethyl adjacent to an activating group) is 1. The number of rotatable bonds is 5. The second-order valence-corrected chi connectivity index (χ2v) is 6.64. The van der Waals surface area contributed by atoms with Crippen LogP contribution in [0.3, 0.4) is 0 Å². The second-order valence-electron chi connectivity index (χ2n) is 6.64. The fourth-order valence-electron chi connectivity index (χ4n) is 3.23. The van der Waals surface area contributed by atoms with Gasteiger partial charge in [0.05, 0.1) is 19.3 Å². The molecule has 6 nitrogen and oxygen atoms in total. The maximum atomic E-state index is 11.7. The summed E-state index contributed by atoms with van der Waals surface area (Å²) in [4.78, 5) is 20.6. The Hall–Kier alpha value is -1.40. The van der Waals surface area contributed by atoms with Crippen molar-refractivity contribution in [3.05, 3.63) is 17.8 Å². The number of aromatic nitrogens is 1. The standard InChI is InChI=1S/C16H25N3O3/c1-11(2)14-8-17-15(22-14)10-18(3)12-4-6-19(9-12)13-5-7-21-16(13)20/h8,11-13H,4-7,9-10H2,1-3H3/t12-,13-/m0/s1. The van der Waals surface area contributed by atoms with E-state index in [0.717, 1.165) is 37.6 Å². The molecule has 0 bridgehead atoms.